The van der Waals surface area contributed by atoms with E-state index in [9.17, 15) is 4.79 Å². The Kier molecular flexibility index (Phi) is 5.93. The highest BCUT2D eigenvalue weighted by Gasteiger charge is 2.25. The number of hydrogen-bond donors (Lipinski definition) is 1. The average molecular weight is 407 g/mol. The zero-order valence-electron chi connectivity index (χ0n) is 18.2. The molecule has 0 aliphatic carbocycles. The Hall–Kier alpha value is -2.63. The highest BCUT2D eigenvalue weighted by atomic mass is 16.5. The monoisotopic (exact) mass is 406 g/mol. The highest BCUT2D eigenvalue weighted by molar-refractivity contribution is 6.00. The van der Waals surface area contributed by atoms with E-state index in [2.05, 4.69) is 54.4 Å². The van der Waals surface area contributed by atoms with Crippen LogP contribution in [0.2, 0.25) is 0 Å². The van der Waals surface area contributed by atoms with Crippen molar-refractivity contribution in [3.63, 3.8) is 0 Å². The maximum Gasteiger partial charge on any atom is 0.287 e. The molecule has 1 atom stereocenters. The average Bonchev–Trinajstić information content (AvgIpc) is 3.06. The predicted molar refractivity (Wildman–Crippen MR) is 119 cm³/mol. The van der Waals surface area contributed by atoms with E-state index in [1.54, 1.807) is 0 Å². The molecule has 1 amide bonds. The first-order valence-electron chi connectivity index (χ1n) is 10.6. The van der Waals surface area contributed by atoms with E-state index in [1.165, 1.54) is 11.1 Å². The van der Waals surface area contributed by atoms with Gasteiger partial charge in [0.2, 0.25) is 0 Å². The molecule has 2 heterocycles. The van der Waals surface area contributed by atoms with E-state index in [-0.39, 0.29) is 11.9 Å². The molecule has 0 spiro atoms. The second-order valence-corrected chi connectivity index (χ2v) is 8.30. The quantitative estimate of drug-likeness (QED) is 0.679. The van der Waals surface area contributed by atoms with Gasteiger partial charge in [-0.3, -0.25) is 9.69 Å². The Morgan fingerprint density at radius 3 is 2.43 bits per heavy atom. The lowest BCUT2D eigenvalue weighted by atomic mass is 10.0. The summed E-state index contributed by atoms with van der Waals surface area (Å²) in [6.07, 6.45) is 0. The van der Waals surface area contributed by atoms with Gasteiger partial charge < -0.3 is 14.5 Å². The molecular weight excluding hydrogens is 376 g/mol. The summed E-state index contributed by atoms with van der Waals surface area (Å²) >= 11 is 0. The number of rotatable bonds is 5. The third kappa shape index (κ3) is 4.13. The summed E-state index contributed by atoms with van der Waals surface area (Å²) in [5.41, 5.74) is 6.38. The van der Waals surface area contributed by atoms with Gasteiger partial charge in [-0.05, 0) is 50.5 Å². The number of hydrogen-bond acceptors (Lipinski definition) is 4. The Labute approximate surface area is 178 Å². The van der Waals surface area contributed by atoms with Gasteiger partial charge in [-0.2, -0.15) is 0 Å². The smallest absolute Gasteiger partial charge is 0.287 e. The number of carbonyl (C=O) groups excluding carboxylic acids is 1. The van der Waals surface area contributed by atoms with Crippen LogP contribution >= 0.6 is 0 Å². The third-order valence-electron chi connectivity index (χ3n) is 5.98. The fraction of sp³-hybridized carbons (Fsp3) is 0.400. The summed E-state index contributed by atoms with van der Waals surface area (Å²) in [6.45, 7) is 11.8. The lowest BCUT2D eigenvalue weighted by Crippen LogP contribution is -2.43. The van der Waals surface area contributed by atoms with Crippen molar-refractivity contribution in [1.29, 1.82) is 0 Å². The summed E-state index contributed by atoms with van der Waals surface area (Å²) in [5, 5.41) is 4.17. The topological polar surface area (TPSA) is 54.7 Å². The van der Waals surface area contributed by atoms with Crippen molar-refractivity contribution in [2.45, 2.75) is 33.7 Å². The van der Waals surface area contributed by atoms with Crippen LogP contribution in [0, 0.1) is 27.7 Å². The zero-order chi connectivity index (χ0) is 21.3. The van der Waals surface area contributed by atoms with Crippen LogP contribution in [0.15, 0.2) is 40.8 Å². The molecule has 5 nitrogen and oxygen atoms in total. The molecule has 0 bridgehead atoms. The van der Waals surface area contributed by atoms with E-state index in [0.717, 1.165) is 54.0 Å². The maximum absolute atomic E-state index is 13.1. The van der Waals surface area contributed by atoms with Crippen LogP contribution in [-0.4, -0.2) is 43.7 Å². The first-order valence-corrected chi connectivity index (χ1v) is 10.6. The van der Waals surface area contributed by atoms with Crippen LogP contribution in [0.1, 0.15) is 44.4 Å². The number of amides is 1. The third-order valence-corrected chi connectivity index (χ3v) is 5.98. The van der Waals surface area contributed by atoms with Gasteiger partial charge in [0, 0.05) is 30.6 Å². The second-order valence-electron chi connectivity index (χ2n) is 8.30. The Bertz CT molecular complexity index is 1050. The number of nitrogens with one attached hydrogen (secondary N) is 1. The maximum atomic E-state index is 13.1. The van der Waals surface area contributed by atoms with Crippen molar-refractivity contribution >= 4 is 16.9 Å². The van der Waals surface area contributed by atoms with E-state index in [0.29, 0.717) is 12.3 Å². The molecule has 1 fully saturated rings. The molecule has 4 rings (SSSR count). The Balaban J connectivity index is 1.56. The van der Waals surface area contributed by atoms with E-state index in [1.807, 2.05) is 19.9 Å². The molecule has 5 heteroatoms. The van der Waals surface area contributed by atoms with E-state index >= 15 is 0 Å². The van der Waals surface area contributed by atoms with Crippen molar-refractivity contribution in [2.24, 2.45) is 0 Å². The van der Waals surface area contributed by atoms with Gasteiger partial charge in [0.25, 0.3) is 5.91 Å². The van der Waals surface area contributed by atoms with Gasteiger partial charge >= 0.3 is 0 Å². The number of fused-ring (bicyclic) bond motifs is 1. The van der Waals surface area contributed by atoms with Gasteiger partial charge in [-0.15, -0.1) is 0 Å². The van der Waals surface area contributed by atoms with E-state index < -0.39 is 0 Å². The lowest BCUT2D eigenvalue weighted by molar-refractivity contribution is 0.0161. The standard InChI is InChI=1S/C25H30N2O3/c1-16-5-7-20(8-6-16)21(27-9-11-29-12-10-27)15-26-25(28)24-19(4)23-18(3)13-17(2)14-22(23)30-24/h5-8,13-14,21H,9-12,15H2,1-4H3,(H,26,28)/t21-/m0/s1. The van der Waals surface area contributed by atoms with Crippen molar-refractivity contribution in [2.75, 3.05) is 32.8 Å². The molecule has 30 heavy (non-hydrogen) atoms. The lowest BCUT2D eigenvalue weighted by Gasteiger charge is -2.35. The van der Waals surface area contributed by atoms with Gasteiger partial charge in [-0.25, -0.2) is 0 Å². The second kappa shape index (κ2) is 8.62. The number of aryl methyl sites for hydroxylation is 4. The molecule has 158 valence electrons. The van der Waals surface area contributed by atoms with Gasteiger partial charge in [0.05, 0.1) is 19.3 Å². The molecule has 0 unspecified atom stereocenters. The molecule has 1 aromatic heterocycles. The number of nitrogens with zero attached hydrogens (tertiary/aromatic N) is 1. The summed E-state index contributed by atoms with van der Waals surface area (Å²) in [4.78, 5) is 15.4. The fourth-order valence-corrected chi connectivity index (χ4v) is 4.41. The predicted octanol–water partition coefficient (Wildman–Crippen LogP) is 4.47. The number of morpholine rings is 1. The molecule has 3 aromatic rings. The van der Waals surface area contributed by atoms with Crippen LogP contribution in [0.25, 0.3) is 11.0 Å². The SMILES string of the molecule is Cc1ccc([C@H](CNC(=O)c2oc3cc(C)cc(C)c3c2C)N2CCOCC2)cc1. The molecule has 1 aliphatic rings. The minimum atomic E-state index is -0.161. The Morgan fingerprint density at radius 1 is 1.03 bits per heavy atom. The fourth-order valence-electron chi connectivity index (χ4n) is 4.41. The summed E-state index contributed by atoms with van der Waals surface area (Å²) in [7, 11) is 0. The number of ether oxygens (including phenoxy) is 1. The molecule has 1 aliphatic heterocycles. The van der Waals surface area contributed by atoms with Crippen molar-refractivity contribution in [3.8, 4) is 0 Å². The van der Waals surface area contributed by atoms with Crippen LogP contribution in [0.5, 0.6) is 0 Å². The first-order chi connectivity index (χ1) is 14.4. The Morgan fingerprint density at radius 2 is 1.73 bits per heavy atom. The summed E-state index contributed by atoms with van der Waals surface area (Å²) < 4.78 is 11.5. The van der Waals surface area contributed by atoms with Gasteiger partial charge in [-0.1, -0.05) is 35.9 Å². The number of carbonyl (C=O) groups is 1. The van der Waals surface area contributed by atoms with E-state index in [4.69, 9.17) is 9.15 Å². The molecule has 0 saturated carbocycles. The number of benzene rings is 2. The van der Waals surface area contributed by atoms with Crippen LogP contribution in [-0.2, 0) is 4.74 Å². The van der Waals surface area contributed by atoms with Crippen molar-refractivity contribution in [3.05, 3.63) is 70.0 Å². The minimum absolute atomic E-state index is 0.104. The summed E-state index contributed by atoms with van der Waals surface area (Å²) in [6, 6.07) is 12.8. The van der Waals surface area contributed by atoms with Crippen molar-refractivity contribution < 1.29 is 13.9 Å². The summed E-state index contributed by atoms with van der Waals surface area (Å²) in [5.74, 6) is 0.245. The van der Waals surface area contributed by atoms with Gasteiger partial charge in [0.1, 0.15) is 5.58 Å². The van der Waals surface area contributed by atoms with Crippen LogP contribution in [0.3, 0.4) is 0 Å². The van der Waals surface area contributed by atoms with Crippen LogP contribution in [0.4, 0.5) is 0 Å². The molecule has 2 aromatic carbocycles. The molecule has 1 N–H and O–H groups in total. The highest BCUT2D eigenvalue weighted by Crippen LogP contribution is 2.29. The zero-order valence-corrected chi connectivity index (χ0v) is 18.2. The van der Waals surface area contributed by atoms with Crippen molar-refractivity contribution in [1.82, 2.24) is 10.2 Å². The first kappa shape index (κ1) is 20.6. The minimum Gasteiger partial charge on any atom is -0.451 e. The normalized spacial score (nSPS) is 16.0. The van der Waals surface area contributed by atoms with Crippen LogP contribution < -0.4 is 5.32 Å². The number of furan rings is 1. The van der Waals surface area contributed by atoms with Gasteiger partial charge in [0.15, 0.2) is 5.76 Å². The molecule has 0 radical (unpaired) electrons. The largest absolute Gasteiger partial charge is 0.451 e. The molecule has 1 saturated heterocycles. The molecular formula is C25H30N2O3.